The summed E-state index contributed by atoms with van der Waals surface area (Å²) in [5.41, 5.74) is 2.56. The van der Waals surface area contributed by atoms with Gasteiger partial charge in [0, 0.05) is 35.4 Å². The lowest BCUT2D eigenvalue weighted by molar-refractivity contribution is -0.180. The van der Waals surface area contributed by atoms with E-state index < -0.39 is 59.5 Å². The number of benzene rings is 3. The summed E-state index contributed by atoms with van der Waals surface area (Å²) in [6.45, 7) is 3.70. The van der Waals surface area contributed by atoms with Crippen molar-refractivity contribution in [1.82, 2.24) is 25.6 Å². The van der Waals surface area contributed by atoms with Crippen LogP contribution in [0.2, 0.25) is 0 Å². The Balaban J connectivity index is 1.10. The Labute approximate surface area is 337 Å². The number of nitrogens with one attached hydrogen (secondary N) is 2. The van der Waals surface area contributed by atoms with E-state index in [0.29, 0.717) is 47.4 Å². The smallest absolute Gasteiger partial charge is 0.330 e. The zero-order chi connectivity index (χ0) is 40.6. The number of ether oxygens (including phenoxy) is 2. The summed E-state index contributed by atoms with van der Waals surface area (Å²) >= 11 is 0. The fourth-order valence-electron chi connectivity index (χ4n) is 9.16. The number of fused-ring (bicyclic) bond motifs is 2. The number of hydrogen-bond donors (Lipinski definition) is 4. The fraction of sp³-hybridized carbons (Fsp3) is 0.400. The molecular formula is C45H49N5O8. The maximum absolute atomic E-state index is 14.6. The first-order chi connectivity index (χ1) is 28.1. The predicted molar refractivity (Wildman–Crippen MR) is 215 cm³/mol. The van der Waals surface area contributed by atoms with E-state index in [1.54, 1.807) is 13.2 Å². The van der Waals surface area contributed by atoms with Crippen molar-refractivity contribution in [2.45, 2.75) is 87.6 Å². The highest BCUT2D eigenvalue weighted by Crippen LogP contribution is 2.45. The van der Waals surface area contributed by atoms with Gasteiger partial charge >= 0.3 is 12.0 Å². The summed E-state index contributed by atoms with van der Waals surface area (Å²) in [6, 6.07) is 21.2. The van der Waals surface area contributed by atoms with Gasteiger partial charge in [0.25, 0.3) is 5.91 Å². The van der Waals surface area contributed by atoms with Crippen molar-refractivity contribution in [2.24, 2.45) is 11.8 Å². The molecule has 1 unspecified atom stereocenters. The highest BCUT2D eigenvalue weighted by atomic mass is 16.5. The second kappa shape index (κ2) is 16.1. The number of carboxylic acids is 1. The van der Waals surface area contributed by atoms with Gasteiger partial charge < -0.3 is 30.1 Å². The molecule has 0 bridgehead atoms. The number of likely N-dealkylation sites (tertiary alicyclic amines) is 1. The summed E-state index contributed by atoms with van der Waals surface area (Å²) in [5, 5.41) is 28.8. The summed E-state index contributed by atoms with van der Waals surface area (Å²) < 4.78 is 12.2. The van der Waals surface area contributed by atoms with Crippen LogP contribution in [0.3, 0.4) is 0 Å². The Bertz CT molecular complexity index is 2230. The average Bonchev–Trinajstić information content (AvgIpc) is 3.55. The first-order valence-electron chi connectivity index (χ1n) is 20.2. The standard InChI is InChI=1S/C45H49N5O8/c1-3-30-25-45(30,43(53)54)48-41(51)38-23-32(58-39-24-35(28-13-6-4-7-14-28)46-36-22-31(57-2)19-20-34(36)39)26-49(38)44(55)47-40(29-15-8-5-9-16-29)42(52)50(56)37-21-18-27-12-10-11-17-33(27)37/h3-4,6-7,10-14,17,19-20,22,24,29-30,32,37-38,40,56H,1,5,8-9,15-16,18,21,23,25-26H2,2H3,(H,47,55)(H,48,51)(H,53,54)/t30-,32-,37?,38+,40+,45-/m1/s1. The first kappa shape index (κ1) is 38.9. The highest BCUT2D eigenvalue weighted by Gasteiger charge is 2.61. The Morgan fingerprint density at radius 3 is 2.48 bits per heavy atom. The number of rotatable bonds is 12. The highest BCUT2D eigenvalue weighted by molar-refractivity contribution is 5.95. The number of aryl methyl sites for hydroxylation is 1. The van der Waals surface area contributed by atoms with Gasteiger partial charge in [0.05, 0.1) is 30.9 Å². The third-order valence-electron chi connectivity index (χ3n) is 12.5. The average molecular weight is 788 g/mol. The number of aliphatic carboxylic acids is 1. The molecular weight excluding hydrogens is 739 g/mol. The Morgan fingerprint density at radius 2 is 1.76 bits per heavy atom. The molecule has 4 aromatic rings. The SMILES string of the molecule is C=C[C@@H]1C[C@]1(NC(=O)[C@@H]1C[C@@H](Oc2cc(-c3ccccc3)nc3cc(OC)ccc23)CN1C(=O)N[C@H](C(=O)N(O)C1CCc2ccccc21)C1CCCCC1)C(=O)O. The number of pyridine rings is 1. The van der Waals surface area contributed by atoms with Gasteiger partial charge in [0.15, 0.2) is 0 Å². The Morgan fingerprint density at radius 1 is 1.00 bits per heavy atom. The van der Waals surface area contributed by atoms with Gasteiger partial charge in [-0.2, -0.15) is 0 Å². The van der Waals surface area contributed by atoms with E-state index in [-0.39, 0.29) is 25.3 Å². The van der Waals surface area contributed by atoms with Gasteiger partial charge in [-0.3, -0.25) is 14.8 Å². The van der Waals surface area contributed by atoms with E-state index in [4.69, 9.17) is 14.5 Å². The van der Waals surface area contributed by atoms with Crippen LogP contribution in [0.25, 0.3) is 22.2 Å². The lowest BCUT2D eigenvalue weighted by Crippen LogP contribution is -2.58. The minimum absolute atomic E-state index is 0.0417. The monoisotopic (exact) mass is 787 g/mol. The van der Waals surface area contributed by atoms with E-state index in [9.17, 15) is 29.5 Å². The molecule has 4 N–H and O–H groups in total. The number of carbonyl (C=O) groups is 4. The lowest BCUT2D eigenvalue weighted by atomic mass is 9.83. The van der Waals surface area contributed by atoms with Gasteiger partial charge in [-0.25, -0.2) is 19.6 Å². The second-order valence-electron chi connectivity index (χ2n) is 16.0. The largest absolute Gasteiger partial charge is 0.497 e. The zero-order valence-corrected chi connectivity index (χ0v) is 32.5. The quantitative estimate of drug-likeness (QED) is 0.0717. The minimum atomic E-state index is -1.53. The van der Waals surface area contributed by atoms with E-state index in [1.807, 2.05) is 72.8 Å². The number of carbonyl (C=O) groups excluding carboxylic acids is 3. The topological polar surface area (TPSA) is 171 Å². The van der Waals surface area contributed by atoms with Crippen LogP contribution in [-0.2, 0) is 20.8 Å². The summed E-state index contributed by atoms with van der Waals surface area (Å²) in [6.07, 6.45) is 6.45. The Hall–Kier alpha value is -5.95. The zero-order valence-electron chi connectivity index (χ0n) is 32.5. The molecule has 0 spiro atoms. The summed E-state index contributed by atoms with van der Waals surface area (Å²) in [5.74, 6) is -2.03. The molecule has 3 aromatic carbocycles. The van der Waals surface area contributed by atoms with Crippen molar-refractivity contribution >= 4 is 34.7 Å². The van der Waals surface area contributed by atoms with Crippen molar-refractivity contribution in [3.8, 4) is 22.8 Å². The molecule has 13 nitrogen and oxygen atoms in total. The third-order valence-corrected chi connectivity index (χ3v) is 12.5. The van der Waals surface area contributed by atoms with Gasteiger partial charge in [-0.1, -0.05) is 79.9 Å². The maximum atomic E-state index is 14.6. The van der Waals surface area contributed by atoms with Crippen LogP contribution >= 0.6 is 0 Å². The maximum Gasteiger partial charge on any atom is 0.330 e. The molecule has 1 saturated heterocycles. The number of nitrogens with zero attached hydrogens (tertiary/aromatic N) is 3. The molecule has 302 valence electrons. The van der Waals surface area contributed by atoms with Gasteiger partial charge in [-0.05, 0) is 61.3 Å². The van der Waals surface area contributed by atoms with E-state index in [1.165, 1.54) is 11.0 Å². The molecule has 1 aromatic heterocycles. The van der Waals surface area contributed by atoms with Crippen LogP contribution in [0.5, 0.6) is 11.5 Å². The van der Waals surface area contributed by atoms with Crippen molar-refractivity contribution in [2.75, 3.05) is 13.7 Å². The van der Waals surface area contributed by atoms with Crippen LogP contribution in [0, 0.1) is 11.8 Å². The van der Waals surface area contributed by atoms with Crippen LogP contribution < -0.4 is 20.1 Å². The number of aromatic nitrogens is 1. The molecule has 2 heterocycles. The van der Waals surface area contributed by atoms with Crippen LogP contribution in [0.1, 0.15) is 68.5 Å². The third kappa shape index (κ3) is 7.46. The summed E-state index contributed by atoms with van der Waals surface area (Å²) in [7, 11) is 1.58. The molecule has 0 radical (unpaired) electrons. The van der Waals surface area contributed by atoms with E-state index in [2.05, 4.69) is 17.2 Å². The van der Waals surface area contributed by atoms with Gasteiger partial charge in [-0.15, -0.1) is 6.58 Å². The van der Waals surface area contributed by atoms with Crippen LogP contribution in [-0.4, -0.2) is 86.5 Å². The normalized spacial score (nSPS) is 24.3. The van der Waals surface area contributed by atoms with E-state index >= 15 is 0 Å². The summed E-state index contributed by atoms with van der Waals surface area (Å²) in [4.78, 5) is 61.7. The van der Waals surface area contributed by atoms with Crippen molar-refractivity contribution < 1.29 is 39.0 Å². The number of carboxylic acid groups (broad SMARTS) is 1. The van der Waals surface area contributed by atoms with Crippen LogP contribution in [0.15, 0.2) is 91.5 Å². The molecule has 4 amide bonds. The molecule has 4 aliphatic rings. The molecule has 3 fully saturated rings. The van der Waals surface area contributed by atoms with Crippen molar-refractivity contribution in [1.29, 1.82) is 0 Å². The van der Waals surface area contributed by atoms with Gasteiger partial charge in [0.2, 0.25) is 5.91 Å². The first-order valence-corrected chi connectivity index (χ1v) is 20.2. The molecule has 6 atom stereocenters. The Kier molecular flexibility index (Phi) is 10.8. The number of urea groups is 1. The van der Waals surface area contributed by atoms with E-state index in [0.717, 1.165) is 47.4 Å². The second-order valence-corrected chi connectivity index (χ2v) is 16.0. The number of methoxy groups -OCH3 is 1. The van der Waals surface area contributed by atoms with Crippen molar-refractivity contribution in [3.05, 3.63) is 103 Å². The number of amides is 4. The van der Waals surface area contributed by atoms with Crippen molar-refractivity contribution in [3.63, 3.8) is 0 Å². The molecule has 1 aliphatic heterocycles. The molecule has 3 aliphatic carbocycles. The van der Waals surface area contributed by atoms with Crippen LogP contribution in [0.4, 0.5) is 4.79 Å². The fourth-order valence-corrected chi connectivity index (χ4v) is 9.16. The van der Waals surface area contributed by atoms with Gasteiger partial charge in [0.1, 0.15) is 35.2 Å². The predicted octanol–water partition coefficient (Wildman–Crippen LogP) is 6.44. The molecule has 2 saturated carbocycles. The molecule has 8 rings (SSSR count). The number of hydrogen-bond acceptors (Lipinski definition) is 8. The number of hydroxylamine groups is 2. The lowest BCUT2D eigenvalue weighted by Gasteiger charge is -2.35. The minimum Gasteiger partial charge on any atom is -0.497 e. The molecule has 58 heavy (non-hydrogen) atoms. The molecule has 13 heteroatoms.